The molecule has 1 aliphatic heterocycles. The van der Waals surface area contributed by atoms with Crippen LogP contribution in [-0.2, 0) is 13.1 Å². The molecule has 94 valence electrons. The molecule has 0 bridgehead atoms. The molecule has 1 aliphatic rings. The van der Waals surface area contributed by atoms with Crippen LogP contribution in [0.25, 0.3) is 0 Å². The van der Waals surface area contributed by atoms with Gasteiger partial charge in [0.25, 0.3) is 0 Å². The Bertz CT molecular complexity index is 536. The predicted molar refractivity (Wildman–Crippen MR) is 75.5 cm³/mol. The number of nitrogens with zero attached hydrogens (tertiary/aromatic N) is 2. The lowest BCUT2D eigenvalue weighted by Crippen LogP contribution is -2.22. The van der Waals surface area contributed by atoms with E-state index in [-0.39, 0.29) is 0 Å². The van der Waals surface area contributed by atoms with Gasteiger partial charge in [-0.1, -0.05) is 19.1 Å². The molecule has 1 aromatic carbocycles. The predicted octanol–water partition coefficient (Wildman–Crippen LogP) is 2.84. The first-order chi connectivity index (χ1) is 8.74. The minimum atomic E-state index is 0.487. The fraction of sp³-hybridized carbons (Fsp3) is 0.357. The van der Waals surface area contributed by atoms with Crippen LogP contribution in [-0.4, -0.2) is 16.4 Å². The minimum absolute atomic E-state index is 0.487. The smallest absolute Gasteiger partial charge is 0.0965 e. The number of hydrogen-bond donors (Lipinski definition) is 1. The van der Waals surface area contributed by atoms with Gasteiger partial charge in [0.05, 0.1) is 5.01 Å². The van der Waals surface area contributed by atoms with Gasteiger partial charge in [0.1, 0.15) is 0 Å². The molecule has 3 nitrogen and oxygen atoms in total. The molecule has 0 amide bonds. The molecule has 0 radical (unpaired) electrons. The van der Waals surface area contributed by atoms with Gasteiger partial charge in [0.2, 0.25) is 0 Å². The molecular formula is C14H17N3S. The SMILES string of the molecule is CC(CN1Cc2cccc(N)c2C1)c1nccs1. The van der Waals surface area contributed by atoms with Crippen LogP contribution < -0.4 is 5.73 Å². The van der Waals surface area contributed by atoms with Crippen molar-refractivity contribution in [3.8, 4) is 0 Å². The maximum Gasteiger partial charge on any atom is 0.0965 e. The highest BCUT2D eigenvalue weighted by Crippen LogP contribution is 2.29. The van der Waals surface area contributed by atoms with Crippen LogP contribution in [0.4, 0.5) is 5.69 Å². The molecule has 0 spiro atoms. The van der Waals surface area contributed by atoms with Gasteiger partial charge in [0, 0.05) is 42.8 Å². The van der Waals surface area contributed by atoms with Gasteiger partial charge in [-0.05, 0) is 17.2 Å². The first-order valence-corrected chi connectivity index (χ1v) is 7.10. The molecule has 1 atom stereocenters. The summed E-state index contributed by atoms with van der Waals surface area (Å²) < 4.78 is 0. The molecule has 18 heavy (non-hydrogen) atoms. The molecule has 1 unspecified atom stereocenters. The first-order valence-electron chi connectivity index (χ1n) is 6.22. The lowest BCUT2D eigenvalue weighted by atomic mass is 10.1. The van der Waals surface area contributed by atoms with Crippen LogP contribution in [0.5, 0.6) is 0 Å². The third-order valence-electron chi connectivity index (χ3n) is 3.49. The third kappa shape index (κ3) is 2.13. The van der Waals surface area contributed by atoms with Crippen molar-refractivity contribution in [1.29, 1.82) is 0 Å². The van der Waals surface area contributed by atoms with Gasteiger partial charge < -0.3 is 5.73 Å². The first kappa shape index (κ1) is 11.7. The molecule has 1 aromatic heterocycles. The van der Waals surface area contributed by atoms with Crippen molar-refractivity contribution in [3.63, 3.8) is 0 Å². The van der Waals surface area contributed by atoms with Crippen molar-refractivity contribution < 1.29 is 0 Å². The zero-order valence-corrected chi connectivity index (χ0v) is 11.3. The van der Waals surface area contributed by atoms with E-state index in [1.54, 1.807) is 11.3 Å². The fourth-order valence-corrected chi connectivity index (χ4v) is 3.28. The normalized spacial score (nSPS) is 16.7. The second-order valence-corrected chi connectivity index (χ2v) is 5.85. The number of hydrogen-bond acceptors (Lipinski definition) is 4. The number of fused-ring (bicyclic) bond motifs is 1. The monoisotopic (exact) mass is 259 g/mol. The summed E-state index contributed by atoms with van der Waals surface area (Å²) in [4.78, 5) is 6.84. The maximum atomic E-state index is 6.02. The van der Waals surface area contributed by atoms with Crippen LogP contribution >= 0.6 is 11.3 Å². The summed E-state index contributed by atoms with van der Waals surface area (Å²) in [6, 6.07) is 6.22. The Balaban J connectivity index is 1.70. The van der Waals surface area contributed by atoms with Gasteiger partial charge in [0.15, 0.2) is 0 Å². The quantitative estimate of drug-likeness (QED) is 0.862. The number of benzene rings is 1. The summed E-state index contributed by atoms with van der Waals surface area (Å²) in [5, 5.41) is 3.27. The summed E-state index contributed by atoms with van der Waals surface area (Å²) in [7, 11) is 0. The second kappa shape index (κ2) is 4.71. The summed E-state index contributed by atoms with van der Waals surface area (Å²) >= 11 is 1.74. The van der Waals surface area contributed by atoms with Gasteiger partial charge in [-0.25, -0.2) is 4.98 Å². The standard InChI is InChI=1S/C14H17N3S/c1-10(14-16-5-6-18-14)7-17-8-11-3-2-4-13(15)12(11)9-17/h2-6,10H,7-9,15H2,1H3. The molecule has 2 aromatic rings. The molecule has 0 saturated carbocycles. The van der Waals surface area contributed by atoms with Crippen molar-refractivity contribution in [3.05, 3.63) is 45.9 Å². The lowest BCUT2D eigenvalue weighted by molar-refractivity contribution is 0.269. The van der Waals surface area contributed by atoms with Crippen LogP contribution in [0.2, 0.25) is 0 Å². The Morgan fingerprint density at radius 2 is 2.33 bits per heavy atom. The second-order valence-electron chi connectivity index (χ2n) is 4.93. The summed E-state index contributed by atoms with van der Waals surface area (Å²) in [5.41, 5.74) is 9.64. The van der Waals surface area contributed by atoms with Crippen LogP contribution in [0.15, 0.2) is 29.8 Å². The number of aromatic nitrogens is 1. The van der Waals surface area contributed by atoms with Crippen molar-refractivity contribution in [2.24, 2.45) is 0 Å². The molecule has 4 heteroatoms. The van der Waals surface area contributed by atoms with E-state index in [1.807, 2.05) is 23.7 Å². The maximum absolute atomic E-state index is 6.02. The van der Waals surface area contributed by atoms with Gasteiger partial charge in [-0.3, -0.25) is 4.90 Å². The number of nitrogens with two attached hydrogens (primary N) is 1. The Morgan fingerprint density at radius 1 is 1.44 bits per heavy atom. The lowest BCUT2D eigenvalue weighted by Gasteiger charge is -2.18. The average Bonchev–Trinajstić information content (AvgIpc) is 2.97. The number of anilines is 1. The highest BCUT2D eigenvalue weighted by molar-refractivity contribution is 7.09. The largest absolute Gasteiger partial charge is 0.398 e. The minimum Gasteiger partial charge on any atom is -0.398 e. The van der Waals surface area contributed by atoms with Crippen LogP contribution in [0.1, 0.15) is 29.0 Å². The molecule has 0 fully saturated rings. The van der Waals surface area contributed by atoms with E-state index in [4.69, 9.17) is 5.73 Å². The number of nitrogen functional groups attached to an aromatic ring is 1. The number of thiazole rings is 1. The van der Waals surface area contributed by atoms with E-state index in [2.05, 4.69) is 22.9 Å². The molecular weight excluding hydrogens is 242 g/mol. The van der Waals surface area contributed by atoms with Crippen LogP contribution in [0, 0.1) is 0 Å². The summed E-state index contributed by atoms with van der Waals surface area (Å²) in [6.07, 6.45) is 1.88. The Morgan fingerprint density at radius 3 is 3.06 bits per heavy atom. The summed E-state index contributed by atoms with van der Waals surface area (Å²) in [6.45, 7) is 5.26. The molecule has 2 heterocycles. The highest BCUT2D eigenvalue weighted by Gasteiger charge is 2.22. The number of rotatable bonds is 3. The topological polar surface area (TPSA) is 42.1 Å². The zero-order valence-electron chi connectivity index (χ0n) is 10.5. The Labute approximate surface area is 111 Å². The van der Waals surface area contributed by atoms with E-state index in [1.165, 1.54) is 16.1 Å². The third-order valence-corrected chi connectivity index (χ3v) is 4.50. The average molecular weight is 259 g/mol. The zero-order chi connectivity index (χ0) is 12.5. The molecule has 2 N–H and O–H groups in total. The van der Waals surface area contributed by atoms with E-state index >= 15 is 0 Å². The van der Waals surface area contributed by atoms with Crippen molar-refractivity contribution in [1.82, 2.24) is 9.88 Å². The fourth-order valence-electron chi connectivity index (χ4n) is 2.59. The van der Waals surface area contributed by atoms with E-state index in [0.29, 0.717) is 5.92 Å². The van der Waals surface area contributed by atoms with Gasteiger partial charge in [-0.2, -0.15) is 0 Å². The molecule has 0 saturated heterocycles. The van der Waals surface area contributed by atoms with Gasteiger partial charge in [-0.15, -0.1) is 11.3 Å². The van der Waals surface area contributed by atoms with E-state index in [0.717, 1.165) is 25.3 Å². The van der Waals surface area contributed by atoms with E-state index in [9.17, 15) is 0 Å². The Kier molecular flexibility index (Phi) is 3.06. The van der Waals surface area contributed by atoms with E-state index < -0.39 is 0 Å². The van der Waals surface area contributed by atoms with Crippen LogP contribution in [0.3, 0.4) is 0 Å². The van der Waals surface area contributed by atoms with Crippen molar-refractivity contribution in [2.75, 3.05) is 12.3 Å². The van der Waals surface area contributed by atoms with Crippen molar-refractivity contribution >= 4 is 17.0 Å². The van der Waals surface area contributed by atoms with Gasteiger partial charge >= 0.3 is 0 Å². The summed E-state index contributed by atoms with van der Waals surface area (Å²) in [5.74, 6) is 0.487. The highest BCUT2D eigenvalue weighted by atomic mass is 32.1. The molecule has 3 rings (SSSR count). The Hall–Kier alpha value is -1.39. The van der Waals surface area contributed by atoms with Crippen molar-refractivity contribution in [2.45, 2.75) is 25.9 Å². The molecule has 0 aliphatic carbocycles.